The van der Waals surface area contributed by atoms with Crippen molar-refractivity contribution >= 4 is 0 Å². The van der Waals surface area contributed by atoms with Gasteiger partial charge in [0.1, 0.15) is 0 Å². The molecule has 0 bridgehead atoms. The smallest absolute Gasteiger partial charge is 0.183 e. The first kappa shape index (κ1) is 17.4. The number of halogens is 1. The van der Waals surface area contributed by atoms with Crippen molar-refractivity contribution in [3.63, 3.8) is 0 Å². The average molecular weight is 330 g/mol. The molecule has 0 radical (unpaired) electrons. The van der Waals surface area contributed by atoms with Crippen LogP contribution in [-0.4, -0.2) is 13.2 Å². The fraction of sp³-hybridized carbons (Fsp3) is 0.524. The van der Waals surface area contributed by atoms with Gasteiger partial charge in [-0.1, -0.05) is 55.8 Å². The summed E-state index contributed by atoms with van der Waals surface area (Å²) in [6.45, 7) is 3.59. The number of hydrogen-bond acceptors (Lipinski definition) is 2. The predicted octanol–water partition coefficient (Wildman–Crippen LogP) is 5.83. The Hall–Kier alpha value is -1.45. The second-order valence-electron chi connectivity index (χ2n) is 6.76. The summed E-state index contributed by atoms with van der Waals surface area (Å²) < 4.78 is 24.9. The third-order valence-corrected chi connectivity index (χ3v) is 4.82. The highest BCUT2D eigenvalue weighted by Gasteiger charge is 2.22. The number of unbranched alkanes of at least 4 members (excludes halogenated alkanes) is 1. The first-order valence-corrected chi connectivity index (χ1v) is 9.10. The molecule has 2 aliphatic rings. The van der Waals surface area contributed by atoms with Crippen LogP contribution < -0.4 is 0 Å². The monoisotopic (exact) mass is 330 g/mol. The van der Waals surface area contributed by atoms with Crippen LogP contribution in [0.25, 0.3) is 0 Å². The number of ether oxygens (including phenoxy) is 2. The lowest BCUT2D eigenvalue weighted by molar-refractivity contribution is -0.197. The minimum absolute atomic E-state index is 0.0365. The molecule has 1 aliphatic heterocycles. The third-order valence-electron chi connectivity index (χ3n) is 4.82. The van der Waals surface area contributed by atoms with Crippen molar-refractivity contribution in [3.05, 3.63) is 59.4 Å². The molecule has 1 aromatic rings. The average Bonchev–Trinajstić information content (AvgIpc) is 2.63. The Morgan fingerprint density at radius 2 is 1.83 bits per heavy atom. The summed E-state index contributed by atoms with van der Waals surface area (Å²) in [7, 11) is 0. The molecule has 0 amide bonds. The van der Waals surface area contributed by atoms with E-state index in [1.165, 1.54) is 12.0 Å². The molecule has 1 aromatic carbocycles. The molecule has 0 N–H and O–H groups in total. The molecule has 24 heavy (non-hydrogen) atoms. The first-order chi connectivity index (χ1) is 11.8. The summed E-state index contributed by atoms with van der Waals surface area (Å²) in [6.07, 6.45) is 10.4. The highest BCUT2D eigenvalue weighted by atomic mass is 19.1. The van der Waals surface area contributed by atoms with E-state index in [4.69, 9.17) is 9.47 Å². The van der Waals surface area contributed by atoms with Gasteiger partial charge in [-0.15, -0.1) is 0 Å². The molecule has 1 unspecified atom stereocenters. The minimum atomic E-state index is -0.265. The molecule has 1 heterocycles. The van der Waals surface area contributed by atoms with Crippen LogP contribution >= 0.6 is 0 Å². The first-order valence-electron chi connectivity index (χ1n) is 9.10. The van der Waals surface area contributed by atoms with Crippen LogP contribution in [-0.2, 0) is 9.47 Å². The van der Waals surface area contributed by atoms with E-state index < -0.39 is 0 Å². The standard InChI is InChI=1S/C21H27FO2/c1-2-3-4-5-16-14-23-21(24-15-16)19-8-6-17(7-9-19)18-10-12-20(22)13-11-18/h4-9,12,16,18,21H,2-3,10-11,13-15H2,1H3/b5-4+/t16-,18?,21-. The number of allylic oxidation sites excluding steroid dienone is 3. The Labute approximate surface area is 144 Å². The summed E-state index contributed by atoms with van der Waals surface area (Å²) in [5, 5.41) is 0. The minimum Gasteiger partial charge on any atom is -0.348 e. The number of benzene rings is 1. The Morgan fingerprint density at radius 3 is 2.46 bits per heavy atom. The van der Waals surface area contributed by atoms with Crippen LogP contribution in [0.15, 0.2) is 48.3 Å². The topological polar surface area (TPSA) is 18.5 Å². The van der Waals surface area contributed by atoms with Gasteiger partial charge in [0.2, 0.25) is 0 Å². The quantitative estimate of drug-likeness (QED) is 0.633. The van der Waals surface area contributed by atoms with E-state index in [0.717, 1.165) is 24.8 Å². The largest absolute Gasteiger partial charge is 0.348 e. The fourth-order valence-corrected chi connectivity index (χ4v) is 3.31. The highest BCUT2D eigenvalue weighted by Crippen LogP contribution is 2.33. The SMILES string of the molecule is CCC/C=C/[C@H]1CO[C@H](c2ccc(C3CC=C(F)CC3)cc2)OC1. The zero-order valence-corrected chi connectivity index (χ0v) is 14.4. The summed E-state index contributed by atoms with van der Waals surface area (Å²) in [5.41, 5.74) is 2.34. The lowest BCUT2D eigenvalue weighted by Crippen LogP contribution is -2.25. The van der Waals surface area contributed by atoms with Gasteiger partial charge in [-0.25, -0.2) is 4.39 Å². The van der Waals surface area contributed by atoms with Gasteiger partial charge < -0.3 is 9.47 Å². The van der Waals surface area contributed by atoms with Crippen molar-refractivity contribution in [1.29, 1.82) is 0 Å². The van der Waals surface area contributed by atoms with Gasteiger partial charge >= 0.3 is 0 Å². The molecule has 3 rings (SSSR count). The molecule has 1 aliphatic carbocycles. The van der Waals surface area contributed by atoms with E-state index in [-0.39, 0.29) is 12.1 Å². The second kappa shape index (κ2) is 8.59. The molecule has 130 valence electrons. The Bertz CT molecular complexity index is 568. The van der Waals surface area contributed by atoms with Gasteiger partial charge in [-0.3, -0.25) is 0 Å². The lowest BCUT2D eigenvalue weighted by atomic mass is 9.87. The zero-order valence-electron chi connectivity index (χ0n) is 14.4. The van der Waals surface area contributed by atoms with Crippen molar-refractivity contribution in [3.8, 4) is 0 Å². The van der Waals surface area contributed by atoms with Crippen molar-refractivity contribution in [1.82, 2.24) is 0 Å². The fourth-order valence-electron chi connectivity index (χ4n) is 3.31. The molecular formula is C21H27FO2. The van der Waals surface area contributed by atoms with E-state index in [2.05, 4.69) is 43.3 Å². The van der Waals surface area contributed by atoms with E-state index in [0.29, 0.717) is 31.5 Å². The zero-order chi connectivity index (χ0) is 16.8. The lowest BCUT2D eigenvalue weighted by Gasteiger charge is -2.28. The molecule has 1 saturated heterocycles. The van der Waals surface area contributed by atoms with Crippen molar-refractivity contribution in [2.24, 2.45) is 5.92 Å². The van der Waals surface area contributed by atoms with E-state index in [1.807, 2.05) is 0 Å². The normalized spacial score (nSPS) is 28.1. The van der Waals surface area contributed by atoms with Gasteiger partial charge in [-0.05, 0) is 37.2 Å². The number of rotatable bonds is 5. The summed E-state index contributed by atoms with van der Waals surface area (Å²) in [6, 6.07) is 8.44. The molecule has 1 atom stereocenters. The van der Waals surface area contributed by atoms with Crippen LogP contribution in [0.4, 0.5) is 4.39 Å². The third kappa shape index (κ3) is 4.55. The maximum absolute atomic E-state index is 13.1. The van der Waals surface area contributed by atoms with Crippen LogP contribution in [0.5, 0.6) is 0 Å². The van der Waals surface area contributed by atoms with Crippen molar-refractivity contribution in [2.45, 2.75) is 51.2 Å². The highest BCUT2D eigenvalue weighted by molar-refractivity contribution is 5.28. The molecular weight excluding hydrogens is 303 g/mol. The molecule has 1 fully saturated rings. The number of hydrogen-bond donors (Lipinski definition) is 0. The summed E-state index contributed by atoms with van der Waals surface area (Å²) in [5.74, 6) is 0.824. The summed E-state index contributed by atoms with van der Waals surface area (Å²) in [4.78, 5) is 0. The van der Waals surface area contributed by atoms with E-state index in [9.17, 15) is 4.39 Å². The molecule has 2 nitrogen and oxygen atoms in total. The van der Waals surface area contributed by atoms with Gasteiger partial charge in [-0.2, -0.15) is 0 Å². The van der Waals surface area contributed by atoms with Crippen LogP contribution in [0.3, 0.4) is 0 Å². The Morgan fingerprint density at radius 1 is 1.12 bits per heavy atom. The molecule has 0 saturated carbocycles. The molecule has 0 aromatic heterocycles. The molecule has 3 heteroatoms. The van der Waals surface area contributed by atoms with Gasteiger partial charge in [0, 0.05) is 11.5 Å². The maximum atomic E-state index is 13.1. The van der Waals surface area contributed by atoms with Crippen LogP contribution in [0, 0.1) is 5.92 Å². The second-order valence-corrected chi connectivity index (χ2v) is 6.76. The summed E-state index contributed by atoms with van der Waals surface area (Å²) >= 11 is 0. The van der Waals surface area contributed by atoms with Crippen molar-refractivity contribution < 1.29 is 13.9 Å². The maximum Gasteiger partial charge on any atom is 0.183 e. The van der Waals surface area contributed by atoms with Gasteiger partial charge in [0.25, 0.3) is 0 Å². The van der Waals surface area contributed by atoms with E-state index >= 15 is 0 Å². The molecule has 0 spiro atoms. The Balaban J connectivity index is 1.53. The van der Waals surface area contributed by atoms with Crippen molar-refractivity contribution in [2.75, 3.05) is 13.2 Å². The van der Waals surface area contributed by atoms with Gasteiger partial charge in [0.15, 0.2) is 6.29 Å². The van der Waals surface area contributed by atoms with Crippen LogP contribution in [0.2, 0.25) is 0 Å². The van der Waals surface area contributed by atoms with E-state index in [1.54, 1.807) is 6.08 Å². The van der Waals surface area contributed by atoms with Crippen LogP contribution in [0.1, 0.15) is 62.4 Å². The van der Waals surface area contributed by atoms with Gasteiger partial charge in [0.05, 0.1) is 19.0 Å². The Kier molecular flexibility index (Phi) is 6.22. The predicted molar refractivity (Wildman–Crippen MR) is 94.4 cm³/mol.